The molecule has 1 saturated heterocycles. The lowest BCUT2D eigenvalue weighted by Crippen LogP contribution is -2.76. The summed E-state index contributed by atoms with van der Waals surface area (Å²) in [5.41, 5.74) is 0.0844. The molecule has 0 saturated carbocycles. The van der Waals surface area contributed by atoms with Crippen LogP contribution in [0.5, 0.6) is 11.5 Å². The van der Waals surface area contributed by atoms with Gasteiger partial charge in [0, 0.05) is 52.5 Å². The van der Waals surface area contributed by atoms with Gasteiger partial charge in [0.15, 0.2) is 11.5 Å². The molecule has 2 aliphatic heterocycles. The number of ether oxygens (including phenoxy) is 1. The van der Waals surface area contributed by atoms with E-state index in [1.54, 1.807) is 35.4 Å². The maximum absolute atomic E-state index is 13.2. The number of nitrogens with zero attached hydrogens (tertiary/aromatic N) is 2. The van der Waals surface area contributed by atoms with Crippen molar-refractivity contribution < 1.29 is 19.7 Å². The summed E-state index contributed by atoms with van der Waals surface area (Å²) in [6.07, 6.45) is 9.88. The van der Waals surface area contributed by atoms with Crippen molar-refractivity contribution in [2.45, 2.75) is 42.0 Å². The number of benzene rings is 1. The minimum absolute atomic E-state index is 0.0812. The van der Waals surface area contributed by atoms with E-state index in [1.807, 2.05) is 41.8 Å². The van der Waals surface area contributed by atoms with E-state index in [0.29, 0.717) is 25.1 Å². The average molecular weight is 555 g/mol. The molecule has 0 unspecified atom stereocenters. The van der Waals surface area contributed by atoms with Crippen LogP contribution in [-0.4, -0.2) is 69.8 Å². The number of thiophene rings is 1. The summed E-state index contributed by atoms with van der Waals surface area (Å²) in [4.78, 5) is 18.2. The van der Waals surface area contributed by atoms with Crippen LogP contribution in [0.3, 0.4) is 0 Å². The molecular formula is C27H27BrN2O4S. The zero-order chi connectivity index (χ0) is 24.5. The SMILES string of the molecule is C=CCN1CC[C@]23c4c5ccc(O)c4O[C@H]2[C@@H](N(C)C(=O)/C=C/c2cc(Br)cs2)C=C[C@@]3(O)[C@H]1C5. The normalized spacial score (nSPS) is 32.4. The fourth-order valence-electron chi connectivity index (χ4n) is 6.72. The van der Waals surface area contributed by atoms with E-state index < -0.39 is 23.2 Å². The van der Waals surface area contributed by atoms with E-state index in [2.05, 4.69) is 27.4 Å². The molecule has 1 aromatic heterocycles. The molecule has 2 bridgehead atoms. The Balaban J connectivity index is 1.42. The number of aromatic hydroxyl groups is 1. The number of halogens is 1. The van der Waals surface area contributed by atoms with Gasteiger partial charge in [0.2, 0.25) is 5.91 Å². The molecule has 6 rings (SSSR count). The van der Waals surface area contributed by atoms with Gasteiger partial charge in [-0.05, 0) is 52.5 Å². The lowest BCUT2D eigenvalue weighted by molar-refractivity contribution is -0.152. The van der Waals surface area contributed by atoms with Crippen molar-refractivity contribution >= 4 is 39.2 Å². The lowest BCUT2D eigenvalue weighted by atomic mass is 9.50. The predicted molar refractivity (Wildman–Crippen MR) is 140 cm³/mol. The smallest absolute Gasteiger partial charge is 0.246 e. The number of hydrogen-bond acceptors (Lipinski definition) is 6. The van der Waals surface area contributed by atoms with Crippen LogP contribution in [0.15, 0.2) is 58.9 Å². The molecular weight excluding hydrogens is 528 g/mol. The summed E-state index contributed by atoms with van der Waals surface area (Å²) in [6, 6.07) is 5.06. The van der Waals surface area contributed by atoms with Crippen molar-refractivity contribution in [3.63, 3.8) is 0 Å². The Morgan fingerprint density at radius 2 is 2.29 bits per heavy atom. The van der Waals surface area contributed by atoms with Gasteiger partial charge in [-0.2, -0.15) is 0 Å². The van der Waals surface area contributed by atoms with Crippen molar-refractivity contribution in [3.8, 4) is 11.5 Å². The largest absolute Gasteiger partial charge is 0.504 e. The highest BCUT2D eigenvalue weighted by molar-refractivity contribution is 9.10. The third kappa shape index (κ3) is 3.10. The summed E-state index contributed by atoms with van der Waals surface area (Å²) < 4.78 is 7.48. The van der Waals surface area contributed by atoms with Gasteiger partial charge in [0.1, 0.15) is 11.7 Å². The quantitative estimate of drug-likeness (QED) is 0.433. The number of carbonyl (C=O) groups excluding carboxylic acids is 1. The number of piperidine rings is 1. The predicted octanol–water partition coefficient (Wildman–Crippen LogP) is 3.87. The molecule has 35 heavy (non-hydrogen) atoms. The Bertz CT molecular complexity index is 1290. The van der Waals surface area contributed by atoms with Crippen LogP contribution in [0.2, 0.25) is 0 Å². The van der Waals surface area contributed by atoms with E-state index >= 15 is 0 Å². The van der Waals surface area contributed by atoms with Gasteiger partial charge in [-0.15, -0.1) is 17.9 Å². The highest BCUT2D eigenvalue weighted by Gasteiger charge is 2.72. The van der Waals surface area contributed by atoms with Crippen molar-refractivity contribution in [1.29, 1.82) is 0 Å². The van der Waals surface area contributed by atoms with Crippen LogP contribution in [0.4, 0.5) is 0 Å². The van der Waals surface area contributed by atoms with Crippen molar-refractivity contribution in [1.82, 2.24) is 9.80 Å². The Morgan fingerprint density at radius 3 is 3.03 bits per heavy atom. The maximum Gasteiger partial charge on any atom is 0.246 e. The Morgan fingerprint density at radius 1 is 1.46 bits per heavy atom. The highest BCUT2D eigenvalue weighted by Crippen LogP contribution is 2.64. The highest BCUT2D eigenvalue weighted by atomic mass is 79.9. The van der Waals surface area contributed by atoms with Gasteiger partial charge in [-0.1, -0.05) is 24.3 Å². The lowest BCUT2D eigenvalue weighted by Gasteiger charge is -2.62. The summed E-state index contributed by atoms with van der Waals surface area (Å²) >= 11 is 5.00. The second-order valence-electron chi connectivity index (χ2n) is 9.84. The molecule has 3 heterocycles. The zero-order valence-corrected chi connectivity index (χ0v) is 21.8. The summed E-state index contributed by atoms with van der Waals surface area (Å²) in [7, 11) is 1.77. The summed E-state index contributed by atoms with van der Waals surface area (Å²) in [5, 5.41) is 25.1. The van der Waals surface area contributed by atoms with Crippen molar-refractivity contribution in [2.75, 3.05) is 20.1 Å². The minimum atomic E-state index is -1.18. The van der Waals surface area contributed by atoms with Gasteiger partial charge in [-0.25, -0.2) is 0 Å². The number of aliphatic hydroxyl groups is 1. The van der Waals surface area contributed by atoms with Crippen molar-refractivity contribution in [2.24, 2.45) is 0 Å². The van der Waals surface area contributed by atoms with Crippen molar-refractivity contribution in [3.05, 3.63) is 74.9 Å². The Kier molecular flexibility index (Phi) is 5.31. The van der Waals surface area contributed by atoms with E-state index in [-0.39, 0.29) is 17.7 Å². The topological polar surface area (TPSA) is 73.2 Å². The van der Waals surface area contributed by atoms with Crippen LogP contribution in [-0.2, 0) is 16.6 Å². The average Bonchev–Trinajstić information content (AvgIpc) is 3.41. The molecule has 2 aromatic rings. The van der Waals surface area contributed by atoms with Gasteiger partial charge in [0.05, 0.1) is 11.5 Å². The summed E-state index contributed by atoms with van der Waals surface area (Å²) in [6.45, 7) is 5.38. The Hall–Kier alpha value is -2.39. The second-order valence-corrected chi connectivity index (χ2v) is 11.7. The first kappa shape index (κ1) is 23.0. The molecule has 1 amide bonds. The number of phenolic OH excluding ortho intramolecular Hbond substituents is 1. The molecule has 4 aliphatic rings. The number of hydrogen-bond donors (Lipinski definition) is 2. The van der Waals surface area contributed by atoms with Crippen LogP contribution >= 0.6 is 27.3 Å². The van der Waals surface area contributed by atoms with Gasteiger partial charge >= 0.3 is 0 Å². The molecule has 5 atom stereocenters. The minimum Gasteiger partial charge on any atom is -0.504 e. The fraction of sp³-hybridized carbons (Fsp3) is 0.370. The van der Waals surface area contributed by atoms with E-state index in [0.717, 1.165) is 27.0 Å². The number of phenols is 1. The third-order valence-corrected chi connectivity index (χ3v) is 9.92. The molecule has 6 nitrogen and oxygen atoms in total. The Labute approximate surface area is 216 Å². The molecule has 1 spiro atoms. The maximum atomic E-state index is 13.2. The van der Waals surface area contributed by atoms with E-state index in [9.17, 15) is 15.0 Å². The molecule has 2 N–H and O–H groups in total. The first-order valence-electron chi connectivity index (χ1n) is 11.8. The van der Waals surface area contributed by atoms with Gasteiger partial charge < -0.3 is 19.8 Å². The molecule has 1 fully saturated rings. The monoisotopic (exact) mass is 554 g/mol. The molecule has 8 heteroatoms. The molecule has 182 valence electrons. The molecule has 0 radical (unpaired) electrons. The van der Waals surface area contributed by atoms with Crippen LogP contribution in [0, 0.1) is 0 Å². The van der Waals surface area contributed by atoms with E-state index in [4.69, 9.17) is 4.74 Å². The zero-order valence-electron chi connectivity index (χ0n) is 19.4. The number of likely N-dealkylation sites (N-methyl/N-ethyl adjacent to an activating group) is 1. The number of likely N-dealkylation sites (tertiary alicyclic amines) is 1. The van der Waals surface area contributed by atoms with Gasteiger partial charge in [0.25, 0.3) is 0 Å². The van der Waals surface area contributed by atoms with Crippen LogP contribution in [0.1, 0.15) is 22.4 Å². The number of rotatable bonds is 5. The number of carbonyl (C=O) groups is 1. The first-order valence-corrected chi connectivity index (χ1v) is 13.4. The van der Waals surface area contributed by atoms with Gasteiger partial charge in [-0.3, -0.25) is 9.69 Å². The van der Waals surface area contributed by atoms with Crippen LogP contribution < -0.4 is 4.74 Å². The molecule has 2 aliphatic carbocycles. The van der Waals surface area contributed by atoms with E-state index in [1.165, 1.54) is 0 Å². The first-order chi connectivity index (χ1) is 16.8. The summed E-state index contributed by atoms with van der Waals surface area (Å²) in [5.74, 6) is 0.388. The van der Waals surface area contributed by atoms with Crippen LogP contribution in [0.25, 0.3) is 6.08 Å². The fourth-order valence-corrected chi connectivity index (χ4v) is 8.06. The standard InChI is InChI=1S/C27H27BrN2O4S/c1-3-11-30-12-10-26-23-16-4-6-20(31)24(23)34-25(26)19(8-9-27(26,33)21(30)13-16)29(2)22(32)7-5-18-14-17(28)15-35-18/h3-9,14-15,19,21,25,31,33H,1,10-13H2,2H3/b7-5+/t19-,21+,25-,26-,27+/m0/s1. The third-order valence-electron chi connectivity index (χ3n) is 8.26. The number of amides is 1. The second kappa shape index (κ2) is 8.06. The molecule has 1 aromatic carbocycles.